The molecule has 0 spiro atoms. The highest BCUT2D eigenvalue weighted by molar-refractivity contribution is 6.30. The van der Waals surface area contributed by atoms with E-state index in [0.29, 0.717) is 23.4 Å². The van der Waals surface area contributed by atoms with Gasteiger partial charge < -0.3 is 42.0 Å². The van der Waals surface area contributed by atoms with E-state index in [1.165, 1.54) is 0 Å². The van der Waals surface area contributed by atoms with Gasteiger partial charge in [0.15, 0.2) is 5.82 Å². The first-order valence-electron chi connectivity index (χ1n) is 12.4. The monoisotopic (exact) mass is 585 g/mol. The van der Waals surface area contributed by atoms with Gasteiger partial charge in [-0.1, -0.05) is 29.8 Å². The van der Waals surface area contributed by atoms with Crippen molar-refractivity contribution in [2.45, 2.75) is 51.3 Å². The molecule has 2 aromatic carbocycles. The molecule has 0 radical (unpaired) electrons. The van der Waals surface area contributed by atoms with Gasteiger partial charge in [0.05, 0.1) is 12.1 Å². The van der Waals surface area contributed by atoms with Crippen molar-refractivity contribution >= 4 is 53.7 Å². The van der Waals surface area contributed by atoms with Crippen LogP contribution < -0.4 is 22.5 Å². The fourth-order valence-corrected chi connectivity index (χ4v) is 3.34. The summed E-state index contributed by atoms with van der Waals surface area (Å²) in [5.74, 6) is -0.550. The van der Waals surface area contributed by atoms with Crippen molar-refractivity contribution < 1.29 is 29.0 Å². The van der Waals surface area contributed by atoms with Gasteiger partial charge >= 0.3 is 11.9 Å². The lowest BCUT2D eigenvalue weighted by molar-refractivity contribution is -0.145. The fourth-order valence-electron chi connectivity index (χ4n) is 3.16. The van der Waals surface area contributed by atoms with Gasteiger partial charge in [0.2, 0.25) is 11.9 Å². The van der Waals surface area contributed by atoms with E-state index >= 15 is 0 Å². The Bertz CT molecular complexity index is 1340. The number of rotatable bonds is 13. The number of carbonyl (C=O) groups excluding carboxylic acids is 3. The third kappa shape index (κ3) is 12.1. The van der Waals surface area contributed by atoms with Crippen LogP contribution in [0.1, 0.15) is 36.8 Å². The smallest absolute Gasteiger partial charge is 0.306 e. The van der Waals surface area contributed by atoms with Gasteiger partial charge in [-0.3, -0.25) is 9.59 Å². The van der Waals surface area contributed by atoms with Gasteiger partial charge in [-0.15, -0.1) is 0 Å². The van der Waals surface area contributed by atoms with Gasteiger partial charge in [0, 0.05) is 29.1 Å². The summed E-state index contributed by atoms with van der Waals surface area (Å²) in [5.41, 5.74) is 19.7. The molecule has 0 bridgehead atoms. The minimum Gasteiger partial charge on any atom is -0.481 e. The molecule has 1 aromatic heterocycles. The molecule has 0 saturated heterocycles. The number of nitrogens with two attached hydrogens (primary N) is 3. The molecule has 0 amide bonds. The molecule has 0 aliphatic rings. The number of aromatic nitrogens is 3. The zero-order valence-corrected chi connectivity index (χ0v) is 23.1. The van der Waals surface area contributed by atoms with E-state index in [1.807, 2.05) is 13.0 Å². The van der Waals surface area contributed by atoms with Gasteiger partial charge in [-0.05, 0) is 55.2 Å². The number of nitrogens with one attached hydrogen (secondary N) is 1. The number of aldehydes is 2. The highest BCUT2D eigenvalue weighted by atomic mass is 35.5. The summed E-state index contributed by atoms with van der Waals surface area (Å²) in [6.45, 7) is 2.05. The molecular formula is C27H32ClN7O6. The van der Waals surface area contributed by atoms with Crippen LogP contribution in [0.15, 0.2) is 42.5 Å². The number of nitrogen functional groups attached to an aromatic ring is 1. The van der Waals surface area contributed by atoms with Crippen molar-refractivity contribution in [3.8, 4) is 11.4 Å². The Balaban J connectivity index is 0.000000564. The summed E-state index contributed by atoms with van der Waals surface area (Å²) in [4.78, 5) is 54.7. The van der Waals surface area contributed by atoms with Crippen LogP contribution in [0.25, 0.3) is 11.4 Å². The molecular weight excluding hydrogens is 554 g/mol. The van der Waals surface area contributed by atoms with Crippen LogP contribution in [0, 0.1) is 6.92 Å². The maximum absolute atomic E-state index is 11.7. The molecule has 1 heterocycles. The van der Waals surface area contributed by atoms with E-state index in [9.17, 15) is 19.2 Å². The van der Waals surface area contributed by atoms with E-state index in [1.54, 1.807) is 36.4 Å². The van der Waals surface area contributed by atoms with Crippen molar-refractivity contribution in [3.63, 3.8) is 0 Å². The van der Waals surface area contributed by atoms with Crippen molar-refractivity contribution in [2.75, 3.05) is 11.1 Å². The number of carboxylic acids is 1. The number of aliphatic carboxylic acids is 1. The number of esters is 1. The lowest BCUT2D eigenvalue weighted by Gasteiger charge is -2.10. The third-order valence-electron chi connectivity index (χ3n) is 5.43. The van der Waals surface area contributed by atoms with E-state index in [-0.39, 0.29) is 44.2 Å². The Labute approximate surface area is 241 Å². The van der Waals surface area contributed by atoms with E-state index in [2.05, 4.69) is 20.3 Å². The molecule has 2 atom stereocenters. The number of carbonyl (C=O) groups is 4. The Kier molecular flexibility index (Phi) is 13.3. The molecule has 0 aliphatic heterocycles. The van der Waals surface area contributed by atoms with Gasteiger partial charge in [-0.2, -0.15) is 15.0 Å². The minimum atomic E-state index is -0.924. The standard InChI is InChI=1S/C22H23ClN6O3.C5H9NO3/c1-13-2-5-15(23)10-18(13)20-27-21(25)29-22(28-20)26-17-7-3-14(4-8-17)12-32-19(31)9-6-16(24)11-30;6-4(3-7)1-2-5(8)9/h2-5,7-8,10-11,16H,6,9,12,24H2,1H3,(H3,25,26,27,28,29);3-4H,1-2,6H2,(H,8,9)/t16-;4-/m00/s1. The topological polar surface area (TPSA) is 226 Å². The second-order valence-electron chi connectivity index (χ2n) is 8.85. The van der Waals surface area contributed by atoms with Gasteiger partial charge in [0.1, 0.15) is 19.2 Å². The van der Waals surface area contributed by atoms with Crippen molar-refractivity contribution in [2.24, 2.45) is 11.5 Å². The predicted molar refractivity (Wildman–Crippen MR) is 153 cm³/mol. The second-order valence-corrected chi connectivity index (χ2v) is 9.29. The second kappa shape index (κ2) is 16.6. The summed E-state index contributed by atoms with van der Waals surface area (Å²) in [7, 11) is 0. The van der Waals surface area contributed by atoms with E-state index in [0.717, 1.165) is 22.4 Å². The average molecular weight is 586 g/mol. The number of anilines is 3. The highest BCUT2D eigenvalue weighted by Gasteiger charge is 2.11. The minimum absolute atomic E-state index is 0.0418. The Morgan fingerprint density at radius 2 is 1.63 bits per heavy atom. The van der Waals surface area contributed by atoms with Crippen LogP contribution in [0.2, 0.25) is 5.02 Å². The predicted octanol–water partition coefficient (Wildman–Crippen LogP) is 2.55. The normalized spacial score (nSPS) is 11.8. The number of benzene rings is 2. The molecule has 13 nitrogen and oxygen atoms in total. The highest BCUT2D eigenvalue weighted by Crippen LogP contribution is 2.25. The molecule has 0 saturated carbocycles. The van der Waals surface area contributed by atoms with Crippen LogP contribution in [0.4, 0.5) is 17.6 Å². The number of aryl methyl sites for hydroxylation is 1. The summed E-state index contributed by atoms with van der Waals surface area (Å²) >= 11 is 6.11. The summed E-state index contributed by atoms with van der Waals surface area (Å²) in [6.07, 6.45) is 1.69. The summed E-state index contributed by atoms with van der Waals surface area (Å²) < 4.78 is 5.19. The van der Waals surface area contributed by atoms with Crippen LogP contribution in [-0.2, 0) is 30.5 Å². The Hall–Kier alpha value is -4.46. The van der Waals surface area contributed by atoms with Gasteiger partial charge in [0.25, 0.3) is 0 Å². The van der Waals surface area contributed by atoms with Crippen LogP contribution in [-0.4, -0.2) is 56.7 Å². The third-order valence-corrected chi connectivity index (χ3v) is 5.66. The first kappa shape index (κ1) is 32.8. The summed E-state index contributed by atoms with van der Waals surface area (Å²) in [5, 5.41) is 11.7. The first-order valence-corrected chi connectivity index (χ1v) is 12.8. The Morgan fingerprint density at radius 3 is 2.24 bits per heavy atom. The lowest BCUT2D eigenvalue weighted by Crippen LogP contribution is -2.22. The molecule has 14 heteroatoms. The molecule has 41 heavy (non-hydrogen) atoms. The molecule has 0 fully saturated rings. The van der Waals surface area contributed by atoms with Crippen molar-refractivity contribution in [1.82, 2.24) is 15.0 Å². The molecule has 8 N–H and O–H groups in total. The van der Waals surface area contributed by atoms with Crippen LogP contribution in [0.3, 0.4) is 0 Å². The zero-order valence-electron chi connectivity index (χ0n) is 22.3. The van der Waals surface area contributed by atoms with Crippen LogP contribution >= 0.6 is 11.6 Å². The number of ether oxygens (including phenoxy) is 1. The fraction of sp³-hybridized carbons (Fsp3) is 0.296. The molecule has 3 aromatic rings. The van der Waals surface area contributed by atoms with Crippen molar-refractivity contribution in [3.05, 3.63) is 58.6 Å². The van der Waals surface area contributed by atoms with Gasteiger partial charge in [-0.25, -0.2) is 0 Å². The number of hydrogen-bond acceptors (Lipinski definition) is 12. The molecule has 0 aliphatic carbocycles. The SMILES string of the molecule is Cc1ccc(Cl)cc1-c1nc(N)nc(Nc2ccc(COC(=O)CC[C@H](N)C=O)cc2)n1.N[C@H](C=O)CCC(=O)O. The molecule has 3 rings (SSSR count). The lowest BCUT2D eigenvalue weighted by atomic mass is 10.1. The van der Waals surface area contributed by atoms with E-state index in [4.69, 9.17) is 38.6 Å². The molecule has 0 unspecified atom stereocenters. The Morgan fingerprint density at radius 1 is 1.00 bits per heavy atom. The van der Waals surface area contributed by atoms with Crippen LogP contribution in [0.5, 0.6) is 0 Å². The quantitative estimate of drug-likeness (QED) is 0.144. The maximum Gasteiger partial charge on any atom is 0.306 e. The van der Waals surface area contributed by atoms with E-state index < -0.39 is 24.0 Å². The summed E-state index contributed by atoms with van der Waals surface area (Å²) in [6, 6.07) is 11.4. The largest absolute Gasteiger partial charge is 0.481 e. The molecule has 218 valence electrons. The number of carboxylic acid groups (broad SMARTS) is 1. The number of nitrogens with zero attached hydrogens (tertiary/aromatic N) is 3. The first-order chi connectivity index (χ1) is 19.5. The number of hydrogen-bond donors (Lipinski definition) is 5. The maximum atomic E-state index is 11.7. The van der Waals surface area contributed by atoms with Crippen molar-refractivity contribution in [1.29, 1.82) is 0 Å². The zero-order chi connectivity index (χ0) is 30.4. The number of halogens is 1. The average Bonchev–Trinajstić information content (AvgIpc) is 2.95.